The lowest BCUT2D eigenvalue weighted by atomic mass is 10.1. The molecule has 1 heterocycles. The minimum Gasteiger partial charge on any atom is -0.342 e. The number of carbonyl (C=O) groups excluding carboxylic acids is 2. The number of carbonyl (C=O) groups is 2. The summed E-state index contributed by atoms with van der Waals surface area (Å²) in [7, 11) is 0. The highest BCUT2D eigenvalue weighted by Gasteiger charge is 2.31. The van der Waals surface area contributed by atoms with Crippen LogP contribution >= 0.6 is 24.4 Å². The van der Waals surface area contributed by atoms with E-state index < -0.39 is 6.04 Å². The van der Waals surface area contributed by atoms with Crippen molar-refractivity contribution in [3.05, 3.63) is 0 Å². The smallest absolute Gasteiger partial charge is 0.244 e. The van der Waals surface area contributed by atoms with Crippen LogP contribution in [0.3, 0.4) is 0 Å². The van der Waals surface area contributed by atoms with Gasteiger partial charge in [0.1, 0.15) is 12.1 Å². The number of thiol groups is 1. The Kier molecular flexibility index (Phi) is 4.60. The van der Waals surface area contributed by atoms with Crippen LogP contribution in [0.5, 0.6) is 0 Å². The maximum Gasteiger partial charge on any atom is 0.244 e. The van der Waals surface area contributed by atoms with Gasteiger partial charge in [-0.25, -0.2) is 0 Å². The first-order chi connectivity index (χ1) is 6.69. The van der Waals surface area contributed by atoms with E-state index in [-0.39, 0.29) is 17.9 Å². The fourth-order valence-corrected chi connectivity index (χ4v) is 1.97. The van der Waals surface area contributed by atoms with Gasteiger partial charge in [0.2, 0.25) is 11.8 Å². The minimum atomic E-state index is -0.476. The second kappa shape index (κ2) is 5.50. The molecule has 80 valence electrons. The zero-order valence-corrected chi connectivity index (χ0v) is 9.66. The average Bonchev–Trinajstić information content (AvgIpc) is 2.18. The van der Waals surface area contributed by atoms with Crippen molar-refractivity contribution in [3.63, 3.8) is 0 Å². The first-order valence-corrected chi connectivity index (χ1v) is 6.42. The van der Waals surface area contributed by atoms with Gasteiger partial charge in [-0.1, -0.05) is 0 Å². The summed E-state index contributed by atoms with van der Waals surface area (Å²) in [4.78, 5) is 22.8. The predicted octanol–water partition coefficient (Wildman–Crippen LogP) is -0.348. The quantitative estimate of drug-likeness (QED) is 0.583. The lowest BCUT2D eigenvalue weighted by Crippen LogP contribution is -2.62. The van der Waals surface area contributed by atoms with E-state index in [2.05, 4.69) is 23.3 Å². The van der Waals surface area contributed by atoms with Crippen LogP contribution in [-0.2, 0) is 9.59 Å². The van der Waals surface area contributed by atoms with Crippen molar-refractivity contribution in [1.82, 2.24) is 10.6 Å². The summed E-state index contributed by atoms with van der Waals surface area (Å²) in [5, 5.41) is 5.33. The van der Waals surface area contributed by atoms with Gasteiger partial charge in [-0.05, 0) is 18.4 Å². The average molecular weight is 234 g/mol. The molecule has 4 nitrogen and oxygen atoms in total. The molecule has 0 bridgehead atoms. The van der Waals surface area contributed by atoms with Gasteiger partial charge in [-0.15, -0.1) is 0 Å². The Labute approximate surface area is 93.0 Å². The third kappa shape index (κ3) is 2.81. The Balaban J connectivity index is 2.49. The Hall–Kier alpha value is -0.360. The van der Waals surface area contributed by atoms with E-state index in [4.69, 9.17) is 0 Å². The van der Waals surface area contributed by atoms with E-state index in [1.54, 1.807) is 11.8 Å². The number of hydrogen-bond acceptors (Lipinski definition) is 4. The summed E-state index contributed by atoms with van der Waals surface area (Å²) in [5.74, 6) is 0.972. The van der Waals surface area contributed by atoms with Crippen LogP contribution < -0.4 is 10.6 Å². The van der Waals surface area contributed by atoms with E-state index in [9.17, 15) is 9.59 Å². The Morgan fingerprint density at radius 1 is 1.29 bits per heavy atom. The molecule has 0 spiro atoms. The van der Waals surface area contributed by atoms with Crippen molar-refractivity contribution in [2.75, 3.05) is 17.8 Å². The molecule has 1 saturated heterocycles. The van der Waals surface area contributed by atoms with Gasteiger partial charge >= 0.3 is 0 Å². The summed E-state index contributed by atoms with van der Waals surface area (Å²) in [5.41, 5.74) is 0. The Morgan fingerprint density at radius 3 is 2.43 bits per heavy atom. The van der Waals surface area contributed by atoms with Crippen LogP contribution in [-0.4, -0.2) is 41.7 Å². The molecule has 2 atom stereocenters. The number of hydrogen-bond donors (Lipinski definition) is 3. The molecule has 1 aliphatic heterocycles. The highest BCUT2D eigenvalue weighted by atomic mass is 32.2. The van der Waals surface area contributed by atoms with Crippen molar-refractivity contribution in [1.29, 1.82) is 0 Å². The van der Waals surface area contributed by atoms with Crippen molar-refractivity contribution in [2.45, 2.75) is 18.5 Å². The van der Waals surface area contributed by atoms with E-state index in [0.717, 1.165) is 5.75 Å². The third-order valence-corrected chi connectivity index (χ3v) is 3.07. The number of thioether (sulfide) groups is 1. The molecule has 0 radical (unpaired) electrons. The van der Waals surface area contributed by atoms with E-state index in [0.29, 0.717) is 12.2 Å². The van der Waals surface area contributed by atoms with Gasteiger partial charge in [-0.3, -0.25) is 9.59 Å². The molecule has 14 heavy (non-hydrogen) atoms. The van der Waals surface area contributed by atoms with Gasteiger partial charge in [0.15, 0.2) is 0 Å². The first kappa shape index (κ1) is 11.7. The van der Waals surface area contributed by atoms with Gasteiger partial charge in [0, 0.05) is 5.75 Å². The monoisotopic (exact) mass is 234 g/mol. The number of piperazine rings is 1. The summed E-state index contributed by atoms with van der Waals surface area (Å²) in [6.07, 6.45) is 2.65. The molecule has 2 N–H and O–H groups in total. The highest BCUT2D eigenvalue weighted by molar-refractivity contribution is 7.98. The van der Waals surface area contributed by atoms with Crippen LogP contribution in [0.2, 0.25) is 0 Å². The Bertz CT molecular complexity index is 235. The maximum atomic E-state index is 11.4. The summed E-state index contributed by atoms with van der Waals surface area (Å²) in [6.45, 7) is 0. The van der Waals surface area contributed by atoms with Gasteiger partial charge in [-0.2, -0.15) is 24.4 Å². The Morgan fingerprint density at radius 2 is 1.86 bits per heavy atom. The molecule has 0 aromatic carbocycles. The van der Waals surface area contributed by atoms with Crippen LogP contribution in [0, 0.1) is 0 Å². The minimum absolute atomic E-state index is 0.0994. The van der Waals surface area contributed by atoms with Crippen LogP contribution in [0.4, 0.5) is 0 Å². The molecule has 2 amide bonds. The topological polar surface area (TPSA) is 58.2 Å². The van der Waals surface area contributed by atoms with E-state index >= 15 is 0 Å². The summed E-state index contributed by atoms with van der Waals surface area (Å²) >= 11 is 5.64. The van der Waals surface area contributed by atoms with Crippen LogP contribution in [0.15, 0.2) is 0 Å². The molecule has 0 unspecified atom stereocenters. The number of amides is 2. The van der Waals surface area contributed by atoms with Crippen molar-refractivity contribution in [2.24, 2.45) is 0 Å². The zero-order chi connectivity index (χ0) is 10.6. The van der Waals surface area contributed by atoms with Gasteiger partial charge in [0.05, 0.1) is 0 Å². The molecular formula is C8H14N2O2S2. The van der Waals surface area contributed by atoms with Crippen molar-refractivity contribution in [3.8, 4) is 0 Å². The largest absolute Gasteiger partial charge is 0.342 e. The molecule has 0 aliphatic carbocycles. The summed E-state index contributed by atoms with van der Waals surface area (Å²) < 4.78 is 0. The normalized spacial score (nSPS) is 27.0. The molecule has 0 saturated carbocycles. The van der Waals surface area contributed by atoms with Crippen LogP contribution in [0.25, 0.3) is 0 Å². The lowest BCUT2D eigenvalue weighted by Gasteiger charge is -2.28. The summed E-state index contributed by atoms with van der Waals surface area (Å²) in [6, 6.07) is -0.845. The fraction of sp³-hybridized carbons (Fsp3) is 0.750. The molecule has 1 rings (SSSR count). The third-order valence-electron chi connectivity index (χ3n) is 2.06. The molecule has 1 fully saturated rings. The standard InChI is InChI=1S/C8H14N2O2S2/c1-14-3-2-5-7(11)10-6(4-13)8(12)9-5/h5-6,13H,2-4H2,1H3,(H,9,12)(H,10,11)/t5-,6-/m0/s1. The van der Waals surface area contributed by atoms with Crippen LogP contribution in [0.1, 0.15) is 6.42 Å². The fourth-order valence-electron chi connectivity index (χ4n) is 1.24. The molecule has 0 aromatic heterocycles. The SMILES string of the molecule is CSCC[C@@H]1NC(=O)[C@H](CS)NC1=O. The molecule has 0 aromatic rings. The number of nitrogens with one attached hydrogen (secondary N) is 2. The second-order valence-corrected chi connectivity index (χ2v) is 4.44. The van der Waals surface area contributed by atoms with Crippen molar-refractivity contribution < 1.29 is 9.59 Å². The molecule has 6 heteroatoms. The van der Waals surface area contributed by atoms with Crippen molar-refractivity contribution >= 4 is 36.2 Å². The molecular weight excluding hydrogens is 220 g/mol. The highest BCUT2D eigenvalue weighted by Crippen LogP contribution is 2.05. The second-order valence-electron chi connectivity index (χ2n) is 3.09. The van der Waals surface area contributed by atoms with E-state index in [1.807, 2.05) is 6.26 Å². The lowest BCUT2D eigenvalue weighted by molar-refractivity contribution is -0.136. The number of rotatable bonds is 4. The predicted molar refractivity (Wildman–Crippen MR) is 60.7 cm³/mol. The molecule has 1 aliphatic rings. The first-order valence-electron chi connectivity index (χ1n) is 4.39. The van der Waals surface area contributed by atoms with E-state index in [1.165, 1.54) is 0 Å². The van der Waals surface area contributed by atoms with Gasteiger partial charge < -0.3 is 10.6 Å². The maximum absolute atomic E-state index is 11.4. The van der Waals surface area contributed by atoms with Gasteiger partial charge in [0.25, 0.3) is 0 Å². The zero-order valence-electron chi connectivity index (χ0n) is 7.95.